The largest absolute Gasteiger partial charge is 1.00 e. The van der Waals surface area contributed by atoms with E-state index in [2.05, 4.69) is 5.32 Å². The van der Waals surface area contributed by atoms with Crippen molar-refractivity contribution in [2.45, 2.75) is 25.0 Å². The molecule has 0 radical (unpaired) electrons. The van der Waals surface area contributed by atoms with Crippen LogP contribution in [0.25, 0.3) is 0 Å². The lowest BCUT2D eigenvalue weighted by molar-refractivity contribution is -0.936. The lowest BCUT2D eigenvalue weighted by atomic mass is 9.81. The van der Waals surface area contributed by atoms with Crippen LogP contribution in [0.2, 0.25) is 0 Å². The number of hydrogen-bond acceptors (Lipinski definition) is 3. The van der Waals surface area contributed by atoms with E-state index >= 15 is 0 Å². The van der Waals surface area contributed by atoms with Gasteiger partial charge in [-0.15, -0.1) is 0 Å². The number of piperidine rings is 3. The number of carbonyl (C=O) groups excluding carboxylic acids is 2. The molecule has 6 rings (SSSR count). The third kappa shape index (κ3) is 6.17. The van der Waals surface area contributed by atoms with Crippen molar-refractivity contribution in [3.05, 3.63) is 107 Å². The predicted octanol–water partition coefficient (Wildman–Crippen LogP) is 2.28. The topological polar surface area (TPSA) is 55.4 Å². The summed E-state index contributed by atoms with van der Waals surface area (Å²) in [6.45, 7) is 2.87. The van der Waals surface area contributed by atoms with Crippen LogP contribution in [0.1, 0.15) is 40.4 Å². The van der Waals surface area contributed by atoms with Gasteiger partial charge in [-0.05, 0) is 41.3 Å². The van der Waals surface area contributed by atoms with Crippen LogP contribution in [0.3, 0.4) is 0 Å². The molecule has 0 saturated carbocycles. The van der Waals surface area contributed by atoms with Gasteiger partial charge in [-0.1, -0.05) is 54.6 Å². The number of alkyl carbamates (subject to hydrolysis) is 1. The molecule has 1 atom stereocenters. The minimum Gasteiger partial charge on any atom is -1.00 e. The number of amides is 1. The van der Waals surface area contributed by atoms with E-state index in [1.54, 1.807) is 12.1 Å². The molecule has 3 aliphatic heterocycles. The Bertz CT molecular complexity index is 1200. The van der Waals surface area contributed by atoms with Gasteiger partial charge in [0.05, 0.1) is 25.7 Å². The van der Waals surface area contributed by atoms with Gasteiger partial charge in [-0.2, -0.15) is 0 Å². The predicted molar refractivity (Wildman–Crippen MR) is 131 cm³/mol. The number of halogens is 3. The monoisotopic (exact) mass is 526 g/mol. The molecule has 0 unspecified atom stereocenters. The lowest BCUT2D eigenvalue weighted by Gasteiger charge is -2.52. The van der Waals surface area contributed by atoms with Crippen molar-refractivity contribution in [1.29, 1.82) is 0 Å². The van der Waals surface area contributed by atoms with E-state index in [0.717, 1.165) is 25.9 Å². The van der Waals surface area contributed by atoms with E-state index in [4.69, 9.17) is 4.74 Å². The minimum absolute atomic E-state index is 0. The molecular formula is C29H29ClF2N2O3. The summed E-state index contributed by atoms with van der Waals surface area (Å²) >= 11 is 0. The number of fused-ring (bicyclic) bond motifs is 3. The normalized spacial score (nSPS) is 22.2. The highest BCUT2D eigenvalue weighted by Crippen LogP contribution is 2.35. The quantitative estimate of drug-likeness (QED) is 0.380. The Balaban J connectivity index is 0.00000320. The van der Waals surface area contributed by atoms with Gasteiger partial charge >= 0.3 is 6.09 Å². The molecule has 3 aromatic rings. The molecule has 3 aromatic carbocycles. The summed E-state index contributed by atoms with van der Waals surface area (Å²) < 4.78 is 34.3. The van der Waals surface area contributed by atoms with Gasteiger partial charge in [0, 0.05) is 18.4 Å². The number of nitrogens with one attached hydrogen (secondary N) is 1. The number of hydrogen-bond donors (Lipinski definition) is 1. The number of benzene rings is 3. The lowest BCUT2D eigenvalue weighted by Crippen LogP contribution is -3.00. The third-order valence-electron chi connectivity index (χ3n) is 7.51. The second kappa shape index (κ2) is 11.4. The Morgan fingerprint density at radius 2 is 1.49 bits per heavy atom. The second-order valence-corrected chi connectivity index (χ2v) is 9.90. The fourth-order valence-corrected chi connectivity index (χ4v) is 5.65. The van der Waals surface area contributed by atoms with Crippen molar-refractivity contribution in [3.63, 3.8) is 0 Å². The van der Waals surface area contributed by atoms with Crippen molar-refractivity contribution >= 4 is 11.9 Å². The third-order valence-corrected chi connectivity index (χ3v) is 7.51. The summed E-state index contributed by atoms with van der Waals surface area (Å²) in [5.74, 6) is -0.518. The second-order valence-electron chi connectivity index (χ2n) is 9.90. The van der Waals surface area contributed by atoms with Crippen LogP contribution in [0.5, 0.6) is 0 Å². The number of rotatable bonds is 7. The highest BCUT2D eigenvalue weighted by atomic mass is 35.5. The van der Waals surface area contributed by atoms with Crippen molar-refractivity contribution in [2.75, 3.05) is 26.2 Å². The minimum atomic E-state index is -0.958. The van der Waals surface area contributed by atoms with Crippen molar-refractivity contribution < 1.29 is 40.0 Å². The molecule has 3 fully saturated rings. The van der Waals surface area contributed by atoms with Crippen molar-refractivity contribution in [2.24, 2.45) is 5.92 Å². The molecule has 0 aromatic heterocycles. The van der Waals surface area contributed by atoms with Crippen LogP contribution in [0.15, 0.2) is 78.9 Å². The van der Waals surface area contributed by atoms with Gasteiger partial charge in [0.25, 0.3) is 0 Å². The Hall–Kier alpha value is -3.29. The highest BCUT2D eigenvalue weighted by molar-refractivity contribution is 5.96. The van der Waals surface area contributed by atoms with Crippen molar-refractivity contribution in [1.82, 2.24) is 5.32 Å². The molecule has 37 heavy (non-hydrogen) atoms. The van der Waals surface area contributed by atoms with Crippen LogP contribution in [-0.4, -0.2) is 48.6 Å². The molecule has 1 amide bonds. The highest BCUT2D eigenvalue weighted by Gasteiger charge is 2.47. The number of ketones is 1. The van der Waals surface area contributed by atoms with Crippen LogP contribution in [-0.2, 0) is 4.74 Å². The smallest absolute Gasteiger partial charge is 0.408 e. The molecule has 0 spiro atoms. The summed E-state index contributed by atoms with van der Waals surface area (Å²) in [7, 11) is 0. The number of quaternary nitrogens is 1. The summed E-state index contributed by atoms with van der Waals surface area (Å²) in [4.78, 5) is 26.0. The average Bonchev–Trinajstić information content (AvgIpc) is 2.88. The van der Waals surface area contributed by atoms with E-state index in [9.17, 15) is 18.4 Å². The molecule has 0 aliphatic carbocycles. The number of nitrogens with zero attached hydrogens (tertiary/aromatic N) is 1. The summed E-state index contributed by atoms with van der Waals surface area (Å²) in [6, 6.07) is 20.7. The Kier molecular flexibility index (Phi) is 8.25. The number of Topliss-reactive ketones (excluding diaryl/α,β-unsaturated/α-hetero) is 1. The molecule has 3 heterocycles. The molecular weight excluding hydrogens is 498 g/mol. The maximum Gasteiger partial charge on any atom is 0.408 e. The van der Waals surface area contributed by atoms with E-state index in [1.165, 1.54) is 36.4 Å². The molecule has 1 N–H and O–H groups in total. The maximum atomic E-state index is 13.9. The fourth-order valence-electron chi connectivity index (χ4n) is 5.65. The van der Waals surface area contributed by atoms with Gasteiger partial charge in [0.2, 0.25) is 5.78 Å². The first kappa shape index (κ1) is 26.8. The Morgan fingerprint density at radius 1 is 0.892 bits per heavy atom. The number of ether oxygens (including phenoxy) is 1. The Morgan fingerprint density at radius 3 is 2.05 bits per heavy atom. The van der Waals surface area contributed by atoms with Gasteiger partial charge in [0.15, 0.2) is 6.10 Å². The zero-order chi connectivity index (χ0) is 25.1. The first-order valence-electron chi connectivity index (χ1n) is 12.3. The number of carbonyl (C=O) groups is 2. The van der Waals surface area contributed by atoms with E-state index in [-0.39, 0.29) is 24.2 Å². The Labute approximate surface area is 221 Å². The fraction of sp³-hybridized carbons (Fsp3) is 0.310. The van der Waals surface area contributed by atoms with Crippen LogP contribution < -0.4 is 17.7 Å². The summed E-state index contributed by atoms with van der Waals surface area (Å²) in [5.41, 5.74) is 1.54. The maximum absolute atomic E-state index is 13.9. The zero-order valence-electron chi connectivity index (χ0n) is 20.3. The summed E-state index contributed by atoms with van der Waals surface area (Å²) in [5, 5.41) is 3.01. The average molecular weight is 527 g/mol. The molecule has 5 nitrogen and oxygen atoms in total. The summed E-state index contributed by atoms with van der Waals surface area (Å²) in [6.07, 6.45) is 0.245. The van der Waals surface area contributed by atoms with Crippen LogP contribution >= 0.6 is 0 Å². The van der Waals surface area contributed by atoms with E-state index in [1.807, 2.05) is 30.3 Å². The molecule has 194 valence electrons. The van der Waals surface area contributed by atoms with Gasteiger partial charge in [-0.25, -0.2) is 13.6 Å². The van der Waals surface area contributed by atoms with Gasteiger partial charge in [0.1, 0.15) is 18.2 Å². The molecule has 8 heteroatoms. The SMILES string of the molecule is O=C(N[C@H]1C[N+]2(CC(=O)c3ccccc3)CCC1CC2)OC(c1cccc(F)c1)c1cccc(F)c1.[Cl-]. The first-order valence-corrected chi connectivity index (χ1v) is 12.3. The van der Waals surface area contributed by atoms with Crippen LogP contribution in [0, 0.1) is 17.6 Å². The molecule has 3 aliphatic rings. The standard InChI is InChI=1S/C29H28F2N2O3.ClH/c30-24-10-4-8-22(16-24)28(23-9-5-11-25(31)17-23)36-29(35)32-26-18-33(14-12-20(26)13-15-33)19-27(34)21-6-2-1-3-7-21;/h1-11,16-17,20,26,28H,12-15,18-19H2;1H/t20?,26-,33?;/m0./s1. The van der Waals surface area contributed by atoms with Crippen LogP contribution in [0.4, 0.5) is 13.6 Å². The van der Waals surface area contributed by atoms with E-state index in [0.29, 0.717) is 40.2 Å². The molecule has 3 saturated heterocycles. The van der Waals surface area contributed by atoms with Crippen molar-refractivity contribution in [3.8, 4) is 0 Å². The van der Waals surface area contributed by atoms with Gasteiger partial charge < -0.3 is 26.9 Å². The van der Waals surface area contributed by atoms with E-state index < -0.39 is 23.8 Å². The molecule has 2 bridgehead atoms. The van der Waals surface area contributed by atoms with Gasteiger partial charge in [-0.3, -0.25) is 4.79 Å². The zero-order valence-corrected chi connectivity index (χ0v) is 21.0. The first-order chi connectivity index (χ1) is 17.4.